The molecule has 1 fully saturated rings. The van der Waals surface area contributed by atoms with Crippen LogP contribution >= 0.6 is 0 Å². The van der Waals surface area contributed by atoms with Crippen LogP contribution in [0.2, 0.25) is 0 Å². The molecule has 0 spiro atoms. The highest BCUT2D eigenvalue weighted by Crippen LogP contribution is 2.38. The average molecular weight is 347 g/mol. The van der Waals surface area contributed by atoms with Gasteiger partial charge in [0.1, 0.15) is 6.10 Å². The number of ether oxygens (including phenoxy) is 1. The summed E-state index contributed by atoms with van der Waals surface area (Å²) in [4.78, 5) is 26.3. The van der Waals surface area contributed by atoms with E-state index >= 15 is 0 Å². The summed E-state index contributed by atoms with van der Waals surface area (Å²) in [5, 5.41) is 14.3. The second kappa shape index (κ2) is 6.96. The maximum Gasteiger partial charge on any atom is 0.411 e. The molecule has 0 aliphatic carbocycles. The van der Waals surface area contributed by atoms with E-state index in [1.807, 2.05) is 27.7 Å². The number of nitrogens with zero attached hydrogens (tertiary/aromatic N) is 2. The monoisotopic (exact) mass is 347 g/mol. The molecular formula is C18H25N3O4. The maximum atomic E-state index is 12.3. The second-order valence-corrected chi connectivity index (χ2v) is 7.65. The van der Waals surface area contributed by atoms with Crippen molar-refractivity contribution >= 4 is 23.5 Å². The third-order valence-electron chi connectivity index (χ3n) is 4.58. The van der Waals surface area contributed by atoms with E-state index in [4.69, 9.17) is 4.74 Å². The van der Waals surface area contributed by atoms with Gasteiger partial charge in [-0.3, -0.25) is 5.32 Å². The number of carbonyl (C=O) groups is 1. The molecule has 25 heavy (non-hydrogen) atoms. The largest absolute Gasteiger partial charge is 0.446 e. The molecule has 0 unspecified atom stereocenters. The van der Waals surface area contributed by atoms with Crippen LogP contribution in [0.3, 0.4) is 0 Å². The van der Waals surface area contributed by atoms with Gasteiger partial charge in [-0.15, -0.1) is 0 Å². The van der Waals surface area contributed by atoms with Crippen molar-refractivity contribution < 1.29 is 19.5 Å². The molecule has 1 aromatic carbocycles. The fourth-order valence-electron chi connectivity index (χ4n) is 3.48. The standard InChI is InChI=1S/C18H25N3O4/c1-12-14(19-11-22)7-6-8-15(12)20-16(23)25-13-9-17(2,3)21(24)18(4,5)10-13/h6-8,13,24H,9-10H2,1-5H3,(H,20,23). The van der Waals surface area contributed by atoms with E-state index < -0.39 is 17.2 Å². The van der Waals surface area contributed by atoms with Gasteiger partial charge in [0.15, 0.2) is 0 Å². The van der Waals surface area contributed by atoms with Gasteiger partial charge in [-0.25, -0.2) is 9.59 Å². The van der Waals surface area contributed by atoms with E-state index in [1.165, 1.54) is 11.1 Å². The van der Waals surface area contributed by atoms with Crippen molar-refractivity contribution in [3.63, 3.8) is 0 Å². The fraction of sp³-hybridized carbons (Fsp3) is 0.556. The summed E-state index contributed by atoms with van der Waals surface area (Å²) in [6.07, 6.45) is 1.66. The minimum Gasteiger partial charge on any atom is -0.446 e. The zero-order valence-corrected chi connectivity index (χ0v) is 15.3. The van der Waals surface area contributed by atoms with Crippen LogP contribution < -0.4 is 5.32 Å². The Labute approximate surface area is 147 Å². The van der Waals surface area contributed by atoms with Crippen LogP contribution in [0.15, 0.2) is 23.2 Å². The number of aliphatic imine (C=N–C) groups is 1. The van der Waals surface area contributed by atoms with Crippen LogP contribution in [0.4, 0.5) is 16.2 Å². The minimum atomic E-state index is -0.571. The summed E-state index contributed by atoms with van der Waals surface area (Å²) in [7, 11) is 0. The molecule has 1 aliphatic rings. The van der Waals surface area contributed by atoms with Crippen molar-refractivity contribution in [2.45, 2.75) is 64.6 Å². The van der Waals surface area contributed by atoms with Gasteiger partial charge in [-0.2, -0.15) is 10.1 Å². The first kappa shape index (κ1) is 19.1. The lowest BCUT2D eigenvalue weighted by molar-refractivity contribution is -0.256. The number of isocyanates is 1. The van der Waals surface area contributed by atoms with Crippen molar-refractivity contribution in [1.29, 1.82) is 0 Å². The number of amides is 1. The first-order chi connectivity index (χ1) is 11.6. The summed E-state index contributed by atoms with van der Waals surface area (Å²) in [5.74, 6) is 0. The highest BCUT2D eigenvalue weighted by Gasteiger charge is 2.46. The summed E-state index contributed by atoms with van der Waals surface area (Å²) in [6.45, 7) is 9.39. The normalized spacial score (nSPS) is 19.8. The van der Waals surface area contributed by atoms with Gasteiger partial charge in [0.05, 0.1) is 5.69 Å². The summed E-state index contributed by atoms with van der Waals surface area (Å²) in [6, 6.07) is 5.07. The number of benzene rings is 1. The molecule has 1 aliphatic heterocycles. The van der Waals surface area contributed by atoms with Crippen LogP contribution in [0.25, 0.3) is 0 Å². The third kappa shape index (κ3) is 4.25. The Morgan fingerprint density at radius 3 is 2.48 bits per heavy atom. The second-order valence-electron chi connectivity index (χ2n) is 7.65. The van der Waals surface area contributed by atoms with E-state index in [0.717, 1.165) is 0 Å². The van der Waals surface area contributed by atoms with E-state index in [-0.39, 0.29) is 6.10 Å². The Morgan fingerprint density at radius 1 is 1.32 bits per heavy atom. The van der Waals surface area contributed by atoms with Gasteiger partial charge in [-0.05, 0) is 52.3 Å². The van der Waals surface area contributed by atoms with Crippen molar-refractivity contribution in [2.75, 3.05) is 5.32 Å². The molecule has 1 saturated heterocycles. The molecule has 1 aromatic rings. The molecule has 0 aromatic heterocycles. The number of hydroxylamine groups is 2. The van der Waals surface area contributed by atoms with Crippen molar-refractivity contribution in [2.24, 2.45) is 4.99 Å². The number of anilines is 1. The lowest BCUT2D eigenvalue weighted by Crippen LogP contribution is -2.60. The van der Waals surface area contributed by atoms with Crippen molar-refractivity contribution in [1.82, 2.24) is 5.06 Å². The third-order valence-corrected chi connectivity index (χ3v) is 4.58. The summed E-state index contributed by atoms with van der Waals surface area (Å²) >= 11 is 0. The van der Waals surface area contributed by atoms with Gasteiger partial charge < -0.3 is 9.94 Å². The van der Waals surface area contributed by atoms with E-state index in [0.29, 0.717) is 29.8 Å². The Balaban J connectivity index is 2.08. The Bertz CT molecular complexity index is 690. The SMILES string of the molecule is Cc1c(N=C=O)cccc1NC(=O)OC1CC(C)(C)N(O)C(C)(C)C1. The lowest BCUT2D eigenvalue weighted by atomic mass is 9.80. The molecule has 0 saturated carbocycles. The average Bonchev–Trinajstić information content (AvgIpc) is 2.48. The Hall–Kier alpha value is -2.21. The molecule has 1 heterocycles. The molecule has 1 amide bonds. The molecule has 0 atom stereocenters. The number of nitrogens with one attached hydrogen (secondary N) is 1. The lowest BCUT2D eigenvalue weighted by Gasteiger charge is -2.50. The molecule has 0 bridgehead atoms. The molecule has 7 heteroatoms. The molecule has 136 valence electrons. The van der Waals surface area contributed by atoms with Crippen molar-refractivity contribution in [3.8, 4) is 0 Å². The molecule has 2 N–H and O–H groups in total. The highest BCUT2D eigenvalue weighted by atomic mass is 16.6. The van der Waals surface area contributed by atoms with Crippen LogP contribution in [0, 0.1) is 6.92 Å². The van der Waals surface area contributed by atoms with Crippen molar-refractivity contribution in [3.05, 3.63) is 23.8 Å². The summed E-state index contributed by atoms with van der Waals surface area (Å²) < 4.78 is 5.57. The van der Waals surface area contributed by atoms with Gasteiger partial charge in [0, 0.05) is 29.6 Å². The van der Waals surface area contributed by atoms with E-state index in [2.05, 4.69) is 10.3 Å². The van der Waals surface area contributed by atoms with Crippen LogP contribution in [0.1, 0.15) is 46.1 Å². The number of hydrogen-bond acceptors (Lipinski definition) is 6. The predicted octanol–water partition coefficient (Wildman–Crippen LogP) is 3.92. The number of rotatable bonds is 3. The van der Waals surface area contributed by atoms with Gasteiger partial charge in [-0.1, -0.05) is 6.07 Å². The number of piperidine rings is 1. The first-order valence-electron chi connectivity index (χ1n) is 8.21. The fourth-order valence-corrected chi connectivity index (χ4v) is 3.48. The topological polar surface area (TPSA) is 91.2 Å². The van der Waals surface area contributed by atoms with Gasteiger partial charge in [0.25, 0.3) is 0 Å². The zero-order valence-electron chi connectivity index (χ0n) is 15.3. The number of hydrogen-bond donors (Lipinski definition) is 2. The quantitative estimate of drug-likeness (QED) is 0.639. The molecule has 0 radical (unpaired) electrons. The van der Waals surface area contributed by atoms with Crippen LogP contribution in [0.5, 0.6) is 0 Å². The minimum absolute atomic E-state index is 0.315. The molecule has 7 nitrogen and oxygen atoms in total. The van der Waals surface area contributed by atoms with Gasteiger partial charge >= 0.3 is 6.09 Å². The first-order valence-corrected chi connectivity index (χ1v) is 8.21. The van der Waals surface area contributed by atoms with E-state index in [9.17, 15) is 14.8 Å². The molecule has 2 rings (SSSR count). The maximum absolute atomic E-state index is 12.3. The van der Waals surface area contributed by atoms with Crippen LogP contribution in [-0.2, 0) is 9.53 Å². The summed E-state index contributed by atoms with van der Waals surface area (Å²) in [5.41, 5.74) is 0.638. The molecular weight excluding hydrogens is 322 g/mol. The zero-order chi connectivity index (χ0) is 18.8. The highest BCUT2D eigenvalue weighted by molar-refractivity contribution is 5.87. The Kier molecular flexibility index (Phi) is 5.32. The number of carbonyl (C=O) groups excluding carboxylic acids is 2. The Morgan fingerprint density at radius 2 is 1.92 bits per heavy atom. The van der Waals surface area contributed by atoms with Gasteiger partial charge in [0.2, 0.25) is 6.08 Å². The van der Waals surface area contributed by atoms with Crippen LogP contribution in [-0.4, -0.2) is 39.6 Å². The van der Waals surface area contributed by atoms with E-state index in [1.54, 1.807) is 25.1 Å². The smallest absolute Gasteiger partial charge is 0.411 e. The predicted molar refractivity (Wildman–Crippen MR) is 93.9 cm³/mol.